The van der Waals surface area contributed by atoms with Crippen molar-refractivity contribution < 1.29 is 14.7 Å². The number of carbonyl (C=O) groups is 2. The Morgan fingerprint density at radius 2 is 1.53 bits per heavy atom. The minimum Gasteiger partial charge on any atom is -0.393 e. The van der Waals surface area contributed by atoms with Crippen molar-refractivity contribution in [3.63, 3.8) is 0 Å². The Labute approximate surface area is 191 Å². The van der Waals surface area contributed by atoms with Gasteiger partial charge in [0.05, 0.1) is 12.6 Å². The van der Waals surface area contributed by atoms with Crippen LogP contribution in [0.4, 0.5) is 0 Å². The second-order valence-electron chi connectivity index (χ2n) is 9.61. The van der Waals surface area contributed by atoms with E-state index in [1.807, 2.05) is 24.3 Å². The van der Waals surface area contributed by atoms with E-state index in [4.69, 9.17) is 0 Å². The van der Waals surface area contributed by atoms with Crippen molar-refractivity contribution in [1.82, 2.24) is 15.5 Å². The third kappa shape index (κ3) is 7.18. The van der Waals surface area contributed by atoms with Gasteiger partial charge in [0.25, 0.3) is 5.91 Å². The van der Waals surface area contributed by atoms with Crippen LogP contribution in [0.2, 0.25) is 0 Å². The van der Waals surface area contributed by atoms with E-state index in [0.717, 1.165) is 43.6 Å². The standard InChI is InChI=1S/C26H35N3O3/c1-26(2,3)22-10-8-21(9-11-22)25(32)28-17-24(31)27-16-19-4-6-20(7-5-19)18-29-14-12-23(30)13-15-29/h4-11,23,30H,12-18H2,1-3H3,(H,27,31)(H,28,32). The zero-order valence-electron chi connectivity index (χ0n) is 19.4. The number of hydrogen-bond acceptors (Lipinski definition) is 4. The monoisotopic (exact) mass is 437 g/mol. The van der Waals surface area contributed by atoms with Crippen molar-refractivity contribution >= 4 is 11.8 Å². The quantitative estimate of drug-likeness (QED) is 0.622. The smallest absolute Gasteiger partial charge is 0.251 e. The lowest BCUT2D eigenvalue weighted by atomic mass is 9.87. The topological polar surface area (TPSA) is 81.7 Å². The van der Waals surface area contributed by atoms with Crippen LogP contribution in [0.1, 0.15) is 60.7 Å². The Morgan fingerprint density at radius 3 is 2.12 bits per heavy atom. The van der Waals surface area contributed by atoms with Crippen molar-refractivity contribution in [3.8, 4) is 0 Å². The largest absolute Gasteiger partial charge is 0.393 e. The van der Waals surface area contributed by atoms with Gasteiger partial charge in [-0.3, -0.25) is 14.5 Å². The summed E-state index contributed by atoms with van der Waals surface area (Å²) in [4.78, 5) is 26.8. The second-order valence-corrected chi connectivity index (χ2v) is 9.61. The van der Waals surface area contributed by atoms with E-state index in [0.29, 0.717) is 12.1 Å². The Hall–Kier alpha value is -2.70. The van der Waals surface area contributed by atoms with E-state index in [2.05, 4.69) is 48.4 Å². The van der Waals surface area contributed by atoms with Gasteiger partial charge in [0, 0.05) is 31.7 Å². The maximum Gasteiger partial charge on any atom is 0.251 e. The van der Waals surface area contributed by atoms with E-state index in [-0.39, 0.29) is 29.9 Å². The van der Waals surface area contributed by atoms with Crippen molar-refractivity contribution in [2.75, 3.05) is 19.6 Å². The van der Waals surface area contributed by atoms with Crippen molar-refractivity contribution in [1.29, 1.82) is 0 Å². The summed E-state index contributed by atoms with van der Waals surface area (Å²) < 4.78 is 0. The fraction of sp³-hybridized carbons (Fsp3) is 0.462. The Kier molecular flexibility index (Phi) is 8.04. The van der Waals surface area contributed by atoms with E-state index in [1.165, 1.54) is 5.56 Å². The first-order chi connectivity index (χ1) is 15.2. The predicted molar refractivity (Wildman–Crippen MR) is 126 cm³/mol. The molecule has 3 N–H and O–H groups in total. The molecule has 1 saturated heterocycles. The van der Waals surface area contributed by atoms with Gasteiger partial charge in [-0.2, -0.15) is 0 Å². The molecule has 0 bridgehead atoms. The van der Waals surface area contributed by atoms with Crippen LogP contribution >= 0.6 is 0 Å². The van der Waals surface area contributed by atoms with E-state index < -0.39 is 0 Å². The number of hydrogen-bond donors (Lipinski definition) is 3. The number of rotatable bonds is 7. The van der Waals surface area contributed by atoms with Crippen LogP contribution in [0.15, 0.2) is 48.5 Å². The third-order valence-electron chi connectivity index (χ3n) is 5.90. The summed E-state index contributed by atoms with van der Waals surface area (Å²) >= 11 is 0. The molecule has 2 aromatic rings. The normalized spacial score (nSPS) is 15.4. The molecule has 1 aliphatic heterocycles. The number of carbonyl (C=O) groups excluding carboxylic acids is 2. The van der Waals surface area contributed by atoms with Gasteiger partial charge < -0.3 is 15.7 Å². The highest BCUT2D eigenvalue weighted by molar-refractivity contribution is 5.96. The Morgan fingerprint density at radius 1 is 0.938 bits per heavy atom. The maximum absolute atomic E-state index is 12.3. The number of likely N-dealkylation sites (tertiary alicyclic amines) is 1. The molecule has 172 valence electrons. The molecule has 6 heteroatoms. The molecule has 32 heavy (non-hydrogen) atoms. The number of aliphatic hydroxyl groups is 1. The molecule has 2 amide bonds. The van der Waals surface area contributed by atoms with Gasteiger partial charge in [-0.1, -0.05) is 57.2 Å². The van der Waals surface area contributed by atoms with Crippen molar-refractivity contribution in [2.45, 2.75) is 58.2 Å². The first-order valence-electron chi connectivity index (χ1n) is 11.3. The fourth-order valence-electron chi connectivity index (χ4n) is 3.75. The minimum atomic E-state index is -0.254. The maximum atomic E-state index is 12.3. The van der Waals surface area contributed by atoms with Crippen LogP contribution in [0, 0.1) is 0 Å². The van der Waals surface area contributed by atoms with E-state index in [1.54, 1.807) is 12.1 Å². The molecule has 1 aliphatic rings. The average molecular weight is 438 g/mol. The minimum absolute atomic E-state index is 0.0319. The van der Waals surface area contributed by atoms with Gasteiger partial charge in [0.1, 0.15) is 0 Å². The lowest BCUT2D eigenvalue weighted by molar-refractivity contribution is -0.120. The highest BCUT2D eigenvalue weighted by atomic mass is 16.3. The van der Waals surface area contributed by atoms with Crippen LogP contribution in [-0.4, -0.2) is 47.6 Å². The molecule has 0 atom stereocenters. The van der Waals surface area contributed by atoms with E-state index >= 15 is 0 Å². The van der Waals surface area contributed by atoms with Gasteiger partial charge in [-0.15, -0.1) is 0 Å². The first kappa shape index (κ1) is 24.0. The molecule has 0 saturated carbocycles. The van der Waals surface area contributed by atoms with Crippen LogP contribution in [0.25, 0.3) is 0 Å². The summed E-state index contributed by atoms with van der Waals surface area (Å²) in [5.41, 5.74) is 3.98. The lowest BCUT2D eigenvalue weighted by Gasteiger charge is -2.29. The zero-order chi connectivity index (χ0) is 23.1. The number of benzene rings is 2. The molecule has 1 fully saturated rings. The van der Waals surface area contributed by atoms with Gasteiger partial charge >= 0.3 is 0 Å². The number of piperidine rings is 1. The zero-order valence-corrected chi connectivity index (χ0v) is 19.4. The fourth-order valence-corrected chi connectivity index (χ4v) is 3.75. The van der Waals surface area contributed by atoms with Crippen LogP contribution in [0.5, 0.6) is 0 Å². The highest BCUT2D eigenvalue weighted by Gasteiger charge is 2.17. The van der Waals surface area contributed by atoms with Gasteiger partial charge in [0.2, 0.25) is 5.91 Å². The number of aliphatic hydroxyl groups excluding tert-OH is 1. The van der Waals surface area contributed by atoms with Crippen LogP contribution < -0.4 is 10.6 Å². The van der Waals surface area contributed by atoms with Gasteiger partial charge in [0.15, 0.2) is 0 Å². The summed E-state index contributed by atoms with van der Waals surface area (Å²) in [5.74, 6) is -0.476. The lowest BCUT2D eigenvalue weighted by Crippen LogP contribution is -2.36. The summed E-state index contributed by atoms with van der Waals surface area (Å²) in [7, 11) is 0. The Balaban J connectivity index is 1.39. The summed E-state index contributed by atoms with van der Waals surface area (Å²) in [6.45, 7) is 9.46. The van der Waals surface area contributed by atoms with Gasteiger partial charge in [-0.25, -0.2) is 0 Å². The third-order valence-corrected chi connectivity index (χ3v) is 5.90. The Bertz CT molecular complexity index is 893. The molecule has 0 radical (unpaired) electrons. The van der Waals surface area contributed by atoms with Crippen LogP contribution in [-0.2, 0) is 23.3 Å². The molecular weight excluding hydrogens is 402 g/mol. The highest BCUT2D eigenvalue weighted by Crippen LogP contribution is 2.22. The molecule has 0 aliphatic carbocycles. The predicted octanol–water partition coefficient (Wildman–Crippen LogP) is 2.99. The summed E-state index contributed by atoms with van der Waals surface area (Å²) in [6.07, 6.45) is 1.52. The number of nitrogens with one attached hydrogen (secondary N) is 2. The molecule has 2 aromatic carbocycles. The molecule has 3 rings (SSSR count). The molecule has 6 nitrogen and oxygen atoms in total. The summed E-state index contributed by atoms with van der Waals surface area (Å²) in [5, 5.41) is 15.1. The molecular formula is C26H35N3O3. The molecule has 0 aromatic heterocycles. The number of nitrogens with zero attached hydrogens (tertiary/aromatic N) is 1. The first-order valence-corrected chi connectivity index (χ1v) is 11.3. The summed E-state index contributed by atoms with van der Waals surface area (Å²) in [6, 6.07) is 15.7. The number of amides is 2. The second kappa shape index (κ2) is 10.7. The van der Waals surface area contributed by atoms with Crippen molar-refractivity contribution in [2.24, 2.45) is 0 Å². The average Bonchev–Trinajstić information content (AvgIpc) is 2.78. The molecule has 1 heterocycles. The SMILES string of the molecule is CC(C)(C)c1ccc(C(=O)NCC(=O)NCc2ccc(CN3CCC(O)CC3)cc2)cc1. The molecule has 0 unspecified atom stereocenters. The van der Waals surface area contributed by atoms with Crippen LogP contribution in [0.3, 0.4) is 0 Å². The van der Waals surface area contributed by atoms with Crippen molar-refractivity contribution in [3.05, 3.63) is 70.8 Å². The molecule has 0 spiro atoms. The van der Waals surface area contributed by atoms with E-state index in [9.17, 15) is 14.7 Å². The van der Waals surface area contributed by atoms with Gasteiger partial charge in [-0.05, 0) is 47.1 Å².